The van der Waals surface area contributed by atoms with Crippen LogP contribution in [-0.4, -0.2) is 4.98 Å². The number of rotatable bonds is 1. The van der Waals surface area contributed by atoms with Crippen LogP contribution in [0, 0.1) is 10.5 Å². The largest absolute Gasteiger partial charge is 0.325 e. The third-order valence-electron chi connectivity index (χ3n) is 1.65. The average molecular weight is 263 g/mol. The van der Waals surface area contributed by atoms with Gasteiger partial charge < -0.3 is 4.98 Å². The molecule has 0 atom stereocenters. The molecule has 0 aromatic carbocycles. The van der Waals surface area contributed by atoms with E-state index in [0.29, 0.717) is 0 Å². The van der Waals surface area contributed by atoms with Crippen molar-refractivity contribution in [3.05, 3.63) is 31.2 Å². The summed E-state index contributed by atoms with van der Waals surface area (Å²) < 4.78 is 0.761. The molecule has 1 heterocycles. The Labute approximate surface area is 79.2 Å². The van der Waals surface area contributed by atoms with Gasteiger partial charge in [-0.2, -0.15) is 0 Å². The maximum Gasteiger partial charge on any atom is 0.261 e. The summed E-state index contributed by atoms with van der Waals surface area (Å²) >= 11 is 2.04. The summed E-state index contributed by atoms with van der Waals surface area (Å²) in [6, 6.07) is 1.91. The van der Waals surface area contributed by atoms with E-state index in [4.69, 9.17) is 0 Å². The Balaban J connectivity index is 3.32. The minimum atomic E-state index is 0.0213. The number of hydrogen-bond donors (Lipinski definition) is 1. The molecule has 0 saturated heterocycles. The highest BCUT2D eigenvalue weighted by Gasteiger charge is 1.99. The molecular weight excluding hydrogens is 253 g/mol. The number of pyridine rings is 1. The summed E-state index contributed by atoms with van der Waals surface area (Å²) in [6.07, 6.45) is 0.887. The zero-order chi connectivity index (χ0) is 8.43. The average Bonchev–Trinajstić information content (AvgIpc) is 1.97. The number of aryl methyl sites for hydroxylation is 2. The van der Waals surface area contributed by atoms with Gasteiger partial charge in [0, 0.05) is 5.69 Å². The molecule has 1 rings (SSSR count). The lowest BCUT2D eigenvalue weighted by Gasteiger charge is -2.01. The van der Waals surface area contributed by atoms with Crippen molar-refractivity contribution in [1.29, 1.82) is 0 Å². The van der Waals surface area contributed by atoms with Crippen LogP contribution >= 0.6 is 22.6 Å². The monoisotopic (exact) mass is 263 g/mol. The topological polar surface area (TPSA) is 32.9 Å². The van der Waals surface area contributed by atoms with E-state index < -0.39 is 0 Å². The number of nitrogens with one attached hydrogen (secondary N) is 1. The number of aromatic amines is 1. The third-order valence-corrected chi connectivity index (χ3v) is 2.46. The van der Waals surface area contributed by atoms with Crippen LogP contribution in [-0.2, 0) is 6.42 Å². The van der Waals surface area contributed by atoms with Crippen LogP contribution in [0.15, 0.2) is 10.9 Å². The number of halogens is 1. The standard InChI is InChI=1S/C8H10INO/c1-3-7-5(2)4-6(9)8(11)10-7/h4H,3H2,1-2H3,(H,10,11). The number of hydrogen-bond acceptors (Lipinski definition) is 1. The van der Waals surface area contributed by atoms with E-state index in [0.717, 1.165) is 21.2 Å². The second-order valence-electron chi connectivity index (χ2n) is 2.46. The van der Waals surface area contributed by atoms with Gasteiger partial charge in [0.15, 0.2) is 0 Å². The minimum Gasteiger partial charge on any atom is -0.325 e. The Bertz CT molecular complexity index is 316. The zero-order valence-corrected chi connectivity index (χ0v) is 8.73. The predicted octanol–water partition coefficient (Wildman–Crippen LogP) is 1.85. The van der Waals surface area contributed by atoms with Crippen molar-refractivity contribution >= 4 is 22.6 Å². The van der Waals surface area contributed by atoms with Gasteiger partial charge in [-0.05, 0) is 47.6 Å². The molecule has 11 heavy (non-hydrogen) atoms. The summed E-state index contributed by atoms with van der Waals surface area (Å²) in [4.78, 5) is 13.9. The van der Waals surface area contributed by atoms with Crippen LogP contribution in [0.1, 0.15) is 18.2 Å². The molecule has 3 heteroatoms. The number of H-pyrrole nitrogens is 1. The lowest BCUT2D eigenvalue weighted by molar-refractivity contribution is 0.979. The van der Waals surface area contributed by atoms with E-state index in [9.17, 15) is 4.79 Å². The molecule has 0 aliphatic carbocycles. The Hall–Kier alpha value is -0.320. The minimum absolute atomic E-state index is 0.0213. The van der Waals surface area contributed by atoms with Crippen LogP contribution in [0.3, 0.4) is 0 Å². The summed E-state index contributed by atoms with van der Waals surface area (Å²) in [5, 5.41) is 0. The van der Waals surface area contributed by atoms with Crippen LogP contribution < -0.4 is 5.56 Å². The third kappa shape index (κ3) is 1.83. The molecule has 0 spiro atoms. The molecule has 0 aliphatic heterocycles. The normalized spacial score (nSPS) is 10.1. The lowest BCUT2D eigenvalue weighted by atomic mass is 10.2. The van der Waals surface area contributed by atoms with Crippen molar-refractivity contribution in [3.8, 4) is 0 Å². The maximum atomic E-state index is 11.1. The highest BCUT2D eigenvalue weighted by Crippen LogP contribution is 2.05. The molecule has 0 saturated carbocycles. The van der Waals surface area contributed by atoms with Gasteiger partial charge in [0.2, 0.25) is 0 Å². The highest BCUT2D eigenvalue weighted by molar-refractivity contribution is 14.1. The lowest BCUT2D eigenvalue weighted by Crippen LogP contribution is -2.12. The fourth-order valence-corrected chi connectivity index (χ4v) is 1.61. The van der Waals surface area contributed by atoms with Crippen molar-refractivity contribution in [2.75, 3.05) is 0 Å². The van der Waals surface area contributed by atoms with Crippen molar-refractivity contribution in [1.82, 2.24) is 4.98 Å². The summed E-state index contributed by atoms with van der Waals surface area (Å²) in [5.74, 6) is 0. The van der Waals surface area contributed by atoms with Crippen molar-refractivity contribution in [3.63, 3.8) is 0 Å². The first-order valence-electron chi connectivity index (χ1n) is 3.53. The van der Waals surface area contributed by atoms with Gasteiger partial charge in [0.25, 0.3) is 5.56 Å². The van der Waals surface area contributed by atoms with Gasteiger partial charge in [-0.15, -0.1) is 0 Å². The Morgan fingerprint density at radius 3 is 2.82 bits per heavy atom. The molecular formula is C8H10INO. The molecule has 0 fully saturated rings. The van der Waals surface area contributed by atoms with Crippen molar-refractivity contribution in [2.45, 2.75) is 20.3 Å². The summed E-state index contributed by atoms with van der Waals surface area (Å²) in [5.41, 5.74) is 2.22. The molecule has 0 amide bonds. The Morgan fingerprint density at radius 1 is 1.64 bits per heavy atom. The molecule has 1 aromatic heterocycles. The predicted molar refractivity (Wildman–Crippen MR) is 53.9 cm³/mol. The van der Waals surface area contributed by atoms with E-state index in [1.165, 1.54) is 0 Å². The number of aromatic nitrogens is 1. The molecule has 0 unspecified atom stereocenters. The van der Waals surface area contributed by atoms with Crippen LogP contribution in [0.25, 0.3) is 0 Å². The van der Waals surface area contributed by atoms with Gasteiger partial charge in [0.1, 0.15) is 0 Å². The van der Waals surface area contributed by atoms with Gasteiger partial charge in [-0.3, -0.25) is 4.79 Å². The molecule has 1 aromatic rings. The van der Waals surface area contributed by atoms with Gasteiger partial charge >= 0.3 is 0 Å². The SMILES string of the molecule is CCc1[nH]c(=O)c(I)cc1C. The van der Waals surface area contributed by atoms with Crippen LogP contribution in [0.2, 0.25) is 0 Å². The zero-order valence-electron chi connectivity index (χ0n) is 6.57. The fraction of sp³-hybridized carbons (Fsp3) is 0.375. The second kappa shape index (κ2) is 3.38. The fourth-order valence-electron chi connectivity index (χ4n) is 1.01. The Kier molecular flexibility index (Phi) is 2.70. The summed E-state index contributed by atoms with van der Waals surface area (Å²) in [6.45, 7) is 4.04. The van der Waals surface area contributed by atoms with Crippen molar-refractivity contribution in [2.24, 2.45) is 0 Å². The summed E-state index contributed by atoms with van der Waals surface area (Å²) in [7, 11) is 0. The Morgan fingerprint density at radius 2 is 2.27 bits per heavy atom. The first-order chi connectivity index (χ1) is 5.15. The molecule has 2 nitrogen and oxygen atoms in total. The maximum absolute atomic E-state index is 11.1. The van der Waals surface area contributed by atoms with Gasteiger partial charge in [-0.25, -0.2) is 0 Å². The molecule has 1 N–H and O–H groups in total. The molecule has 60 valence electrons. The second-order valence-corrected chi connectivity index (χ2v) is 3.62. The first-order valence-corrected chi connectivity index (χ1v) is 4.61. The van der Waals surface area contributed by atoms with E-state index in [1.54, 1.807) is 0 Å². The van der Waals surface area contributed by atoms with E-state index in [2.05, 4.69) is 4.98 Å². The molecule has 0 radical (unpaired) electrons. The molecule has 0 bridgehead atoms. The van der Waals surface area contributed by atoms with E-state index in [1.807, 2.05) is 42.5 Å². The van der Waals surface area contributed by atoms with Crippen molar-refractivity contribution < 1.29 is 0 Å². The quantitative estimate of drug-likeness (QED) is 0.770. The highest BCUT2D eigenvalue weighted by atomic mass is 127. The van der Waals surface area contributed by atoms with E-state index in [-0.39, 0.29) is 5.56 Å². The van der Waals surface area contributed by atoms with Gasteiger partial charge in [0.05, 0.1) is 3.57 Å². The van der Waals surface area contributed by atoms with Crippen LogP contribution in [0.5, 0.6) is 0 Å². The van der Waals surface area contributed by atoms with Gasteiger partial charge in [-0.1, -0.05) is 6.92 Å². The first kappa shape index (κ1) is 8.77. The van der Waals surface area contributed by atoms with E-state index >= 15 is 0 Å². The smallest absolute Gasteiger partial charge is 0.261 e. The molecule has 0 aliphatic rings. The van der Waals surface area contributed by atoms with Crippen LogP contribution in [0.4, 0.5) is 0 Å².